The molecule has 1 nitrogen and oxygen atoms in total. The summed E-state index contributed by atoms with van der Waals surface area (Å²) in [6.45, 7) is 0. The summed E-state index contributed by atoms with van der Waals surface area (Å²) < 4.78 is 0. The lowest BCUT2D eigenvalue weighted by molar-refractivity contribution is 0.101. The van der Waals surface area contributed by atoms with Crippen LogP contribution >= 0.6 is 0 Å². The zero-order valence-corrected chi connectivity index (χ0v) is 15.0. The number of benzene rings is 2. The normalized spacial score (nSPS) is 21.7. The molecule has 0 spiro atoms. The third-order valence-electron chi connectivity index (χ3n) is 5.68. The highest BCUT2D eigenvalue weighted by Crippen LogP contribution is 2.27. The van der Waals surface area contributed by atoms with Gasteiger partial charge in [-0.3, -0.25) is 0 Å². The van der Waals surface area contributed by atoms with Crippen molar-refractivity contribution < 1.29 is 0 Å². The Morgan fingerprint density at radius 3 is 1.92 bits per heavy atom. The van der Waals surface area contributed by atoms with Crippen LogP contribution in [0.4, 0.5) is 0 Å². The summed E-state index contributed by atoms with van der Waals surface area (Å²) in [6.07, 6.45) is 10.5. The highest BCUT2D eigenvalue weighted by atomic mass is 15.2. The van der Waals surface area contributed by atoms with E-state index in [1.807, 2.05) is 0 Å². The molecular weight excluding hydrogens is 290 g/mol. The summed E-state index contributed by atoms with van der Waals surface area (Å²) in [7, 11) is 2.36. The van der Waals surface area contributed by atoms with Crippen LogP contribution in [0.2, 0.25) is 0 Å². The lowest BCUT2D eigenvalue weighted by Gasteiger charge is -2.40. The van der Waals surface area contributed by atoms with Crippen LogP contribution in [0.1, 0.15) is 49.7 Å². The van der Waals surface area contributed by atoms with Gasteiger partial charge in [0.05, 0.1) is 0 Å². The second-order valence-corrected chi connectivity index (χ2v) is 7.31. The molecule has 1 aliphatic rings. The van der Waals surface area contributed by atoms with Crippen molar-refractivity contribution in [3.63, 3.8) is 0 Å². The predicted octanol–water partition coefficient (Wildman–Crippen LogP) is 5.50. The van der Waals surface area contributed by atoms with Gasteiger partial charge >= 0.3 is 0 Å². The number of nitrogens with zero attached hydrogens (tertiary/aromatic N) is 1. The molecule has 2 aromatic rings. The van der Waals surface area contributed by atoms with Crippen LogP contribution in [0, 0.1) is 0 Å². The van der Waals surface area contributed by atoms with Gasteiger partial charge in [-0.2, -0.15) is 0 Å². The Bertz CT molecular complexity index is 577. The Kier molecular flexibility index (Phi) is 6.48. The van der Waals surface area contributed by atoms with Crippen molar-refractivity contribution in [2.75, 3.05) is 7.05 Å². The molecule has 0 bridgehead atoms. The molecule has 0 aromatic heterocycles. The molecule has 2 aromatic carbocycles. The van der Waals surface area contributed by atoms with Crippen LogP contribution in [-0.4, -0.2) is 24.0 Å². The van der Waals surface area contributed by atoms with Crippen molar-refractivity contribution in [1.29, 1.82) is 0 Å². The van der Waals surface area contributed by atoms with Gasteiger partial charge in [0.25, 0.3) is 0 Å². The molecule has 128 valence electrons. The smallest absolute Gasteiger partial charge is 0.00983 e. The fourth-order valence-electron chi connectivity index (χ4n) is 4.15. The number of likely N-dealkylation sites (tertiary alicyclic amines) is 1. The number of hydrogen-bond donors (Lipinski definition) is 0. The Morgan fingerprint density at radius 2 is 1.29 bits per heavy atom. The van der Waals surface area contributed by atoms with Crippen molar-refractivity contribution >= 4 is 0 Å². The van der Waals surface area contributed by atoms with E-state index in [1.165, 1.54) is 62.5 Å². The minimum absolute atomic E-state index is 0.765. The summed E-state index contributed by atoms with van der Waals surface area (Å²) >= 11 is 0. The minimum atomic E-state index is 0.765. The van der Waals surface area contributed by atoms with Crippen LogP contribution < -0.4 is 0 Å². The Labute approximate surface area is 147 Å². The van der Waals surface area contributed by atoms with Gasteiger partial charge in [-0.1, -0.05) is 67.1 Å². The van der Waals surface area contributed by atoms with E-state index >= 15 is 0 Å². The van der Waals surface area contributed by atoms with Crippen molar-refractivity contribution in [3.05, 3.63) is 71.8 Å². The van der Waals surface area contributed by atoms with E-state index in [-0.39, 0.29) is 0 Å². The quantitative estimate of drug-likeness (QED) is 0.651. The van der Waals surface area contributed by atoms with E-state index in [4.69, 9.17) is 0 Å². The van der Waals surface area contributed by atoms with Crippen LogP contribution in [-0.2, 0) is 12.8 Å². The maximum Gasteiger partial charge on any atom is 0.00983 e. The summed E-state index contributed by atoms with van der Waals surface area (Å²) in [6, 6.07) is 23.4. The van der Waals surface area contributed by atoms with Gasteiger partial charge < -0.3 is 4.90 Å². The topological polar surface area (TPSA) is 3.24 Å². The summed E-state index contributed by atoms with van der Waals surface area (Å²) in [5, 5.41) is 0. The van der Waals surface area contributed by atoms with Crippen LogP contribution in [0.5, 0.6) is 0 Å². The van der Waals surface area contributed by atoms with Gasteiger partial charge in [0, 0.05) is 12.1 Å². The van der Waals surface area contributed by atoms with Gasteiger partial charge in [-0.15, -0.1) is 0 Å². The molecule has 0 amide bonds. The first-order valence-electron chi connectivity index (χ1n) is 9.63. The maximum absolute atomic E-state index is 2.69. The summed E-state index contributed by atoms with van der Waals surface area (Å²) in [4.78, 5) is 2.69. The molecule has 2 atom stereocenters. The molecule has 1 saturated heterocycles. The SMILES string of the molecule is CN1[C@@H](CCCc2ccccc2)CCC[C@H]1CCc1ccccc1. The van der Waals surface area contributed by atoms with E-state index in [0.717, 1.165) is 12.1 Å². The van der Waals surface area contributed by atoms with Gasteiger partial charge in [0.2, 0.25) is 0 Å². The third kappa shape index (κ3) is 4.95. The fraction of sp³-hybridized carbons (Fsp3) is 0.478. The monoisotopic (exact) mass is 321 g/mol. The van der Waals surface area contributed by atoms with E-state index in [0.29, 0.717) is 0 Å². The first-order valence-corrected chi connectivity index (χ1v) is 9.63. The first-order chi connectivity index (χ1) is 11.8. The van der Waals surface area contributed by atoms with Gasteiger partial charge in [-0.25, -0.2) is 0 Å². The van der Waals surface area contributed by atoms with Crippen molar-refractivity contribution in [2.45, 2.75) is 63.5 Å². The van der Waals surface area contributed by atoms with E-state index in [9.17, 15) is 0 Å². The Morgan fingerprint density at radius 1 is 0.750 bits per heavy atom. The standard InChI is InChI=1S/C23H31N/c1-24-22(15-8-14-20-10-4-2-5-11-20)16-9-17-23(24)19-18-21-12-6-3-7-13-21/h2-7,10-13,22-23H,8-9,14-19H2,1H3/t22-,23-/m0/s1. The van der Waals surface area contributed by atoms with Crippen LogP contribution in [0.3, 0.4) is 0 Å². The largest absolute Gasteiger partial charge is 0.300 e. The molecular formula is C23H31N. The second-order valence-electron chi connectivity index (χ2n) is 7.31. The molecule has 1 heteroatoms. The number of aryl methyl sites for hydroxylation is 2. The first kappa shape index (κ1) is 17.2. The third-order valence-corrected chi connectivity index (χ3v) is 5.68. The van der Waals surface area contributed by atoms with E-state index < -0.39 is 0 Å². The fourth-order valence-corrected chi connectivity index (χ4v) is 4.15. The molecule has 3 rings (SSSR count). The van der Waals surface area contributed by atoms with Gasteiger partial charge in [0.15, 0.2) is 0 Å². The molecule has 0 radical (unpaired) electrons. The van der Waals surface area contributed by atoms with E-state index in [2.05, 4.69) is 72.6 Å². The average Bonchev–Trinajstić information content (AvgIpc) is 2.64. The Hall–Kier alpha value is -1.60. The zero-order valence-electron chi connectivity index (χ0n) is 15.0. The Balaban J connectivity index is 1.44. The zero-order chi connectivity index (χ0) is 16.6. The number of hydrogen-bond acceptors (Lipinski definition) is 1. The van der Waals surface area contributed by atoms with Crippen molar-refractivity contribution in [2.24, 2.45) is 0 Å². The van der Waals surface area contributed by atoms with Crippen LogP contribution in [0.15, 0.2) is 60.7 Å². The molecule has 1 fully saturated rings. The lowest BCUT2D eigenvalue weighted by atomic mass is 9.89. The van der Waals surface area contributed by atoms with Gasteiger partial charge in [0.1, 0.15) is 0 Å². The maximum atomic E-state index is 2.69. The highest BCUT2D eigenvalue weighted by Gasteiger charge is 2.26. The highest BCUT2D eigenvalue weighted by molar-refractivity contribution is 5.15. The summed E-state index contributed by atoms with van der Waals surface area (Å²) in [5.41, 5.74) is 2.97. The predicted molar refractivity (Wildman–Crippen MR) is 103 cm³/mol. The number of rotatable bonds is 7. The molecule has 1 aliphatic heterocycles. The molecule has 0 saturated carbocycles. The molecule has 0 unspecified atom stereocenters. The minimum Gasteiger partial charge on any atom is -0.300 e. The number of piperidine rings is 1. The molecule has 0 aliphatic carbocycles. The lowest BCUT2D eigenvalue weighted by Crippen LogP contribution is -2.44. The van der Waals surface area contributed by atoms with Crippen molar-refractivity contribution in [3.8, 4) is 0 Å². The van der Waals surface area contributed by atoms with E-state index in [1.54, 1.807) is 0 Å². The van der Waals surface area contributed by atoms with Crippen LogP contribution in [0.25, 0.3) is 0 Å². The molecule has 0 N–H and O–H groups in total. The average molecular weight is 322 g/mol. The van der Waals surface area contributed by atoms with Crippen molar-refractivity contribution in [1.82, 2.24) is 4.90 Å². The second kappa shape index (κ2) is 9.03. The summed E-state index contributed by atoms with van der Waals surface area (Å²) in [5.74, 6) is 0. The van der Waals surface area contributed by atoms with Gasteiger partial charge in [-0.05, 0) is 63.1 Å². The molecule has 24 heavy (non-hydrogen) atoms. The molecule has 1 heterocycles.